The minimum absolute atomic E-state index is 0.0353. The molecule has 6 nitrogen and oxygen atoms in total. The lowest BCUT2D eigenvalue weighted by Gasteiger charge is -2.42. The van der Waals surface area contributed by atoms with Gasteiger partial charge in [-0.2, -0.15) is 0 Å². The molecule has 5 rings (SSSR count). The Hall–Kier alpha value is -3.28. The second-order valence-corrected chi connectivity index (χ2v) is 7.80. The van der Waals surface area contributed by atoms with Crippen LogP contribution in [0.2, 0.25) is 0 Å². The van der Waals surface area contributed by atoms with E-state index in [4.69, 9.17) is 9.15 Å². The van der Waals surface area contributed by atoms with Gasteiger partial charge in [-0.15, -0.1) is 0 Å². The lowest BCUT2D eigenvalue weighted by molar-refractivity contribution is 0.0564. The fourth-order valence-electron chi connectivity index (χ4n) is 4.66. The highest BCUT2D eigenvalue weighted by Crippen LogP contribution is 2.36. The zero-order chi connectivity index (χ0) is 20.0. The average Bonchev–Trinajstić information content (AvgIpc) is 3.29. The largest absolute Gasteiger partial charge is 0.497 e. The molecular formula is C23H22N2O4. The van der Waals surface area contributed by atoms with Crippen LogP contribution in [0.4, 0.5) is 0 Å². The zero-order valence-electron chi connectivity index (χ0n) is 16.2. The Bertz CT molecular complexity index is 1100. The second-order valence-electron chi connectivity index (χ2n) is 7.80. The molecule has 0 N–H and O–H groups in total. The van der Waals surface area contributed by atoms with Crippen LogP contribution in [0.25, 0.3) is 11.1 Å². The smallest absolute Gasteiger partial charge is 0.289 e. The minimum atomic E-state index is -0.0738. The first-order valence-corrected chi connectivity index (χ1v) is 9.85. The standard InChI is InChI=1S/C23H22N2O4/c1-28-18-6-4-16(5-7-18)19-8-9-20-17-11-15(13-25(20)22(19)26)12-24(14-17)23(27)21-3-2-10-29-21/h2-10,15,17H,11-14H2,1H3/t15-,17+/m0/s1. The number of aromatic nitrogens is 1. The van der Waals surface area contributed by atoms with E-state index >= 15 is 0 Å². The Morgan fingerprint density at radius 3 is 2.62 bits per heavy atom. The van der Waals surface area contributed by atoms with Gasteiger partial charge in [0.25, 0.3) is 11.5 Å². The Morgan fingerprint density at radius 1 is 1.07 bits per heavy atom. The van der Waals surface area contributed by atoms with Gasteiger partial charge in [-0.1, -0.05) is 12.1 Å². The van der Waals surface area contributed by atoms with Crippen molar-refractivity contribution in [3.63, 3.8) is 0 Å². The predicted octanol–water partition coefficient (Wildman–Crippen LogP) is 3.38. The van der Waals surface area contributed by atoms with Gasteiger partial charge in [0.15, 0.2) is 5.76 Å². The normalized spacial score (nSPS) is 20.2. The molecule has 29 heavy (non-hydrogen) atoms. The first-order valence-electron chi connectivity index (χ1n) is 9.85. The summed E-state index contributed by atoms with van der Waals surface area (Å²) in [6, 6.07) is 14.9. The van der Waals surface area contributed by atoms with Crippen LogP contribution in [-0.4, -0.2) is 35.6 Å². The van der Waals surface area contributed by atoms with E-state index in [1.54, 1.807) is 19.2 Å². The number of carbonyl (C=O) groups excluding carboxylic acids is 1. The van der Waals surface area contributed by atoms with Crippen LogP contribution in [-0.2, 0) is 6.54 Å². The quantitative estimate of drug-likeness (QED) is 0.688. The van der Waals surface area contributed by atoms with Gasteiger partial charge in [-0.05, 0) is 54.3 Å². The second kappa shape index (κ2) is 6.95. The molecule has 2 atom stereocenters. The number of fused-ring (bicyclic) bond motifs is 4. The number of amides is 1. The van der Waals surface area contributed by atoms with Gasteiger partial charge in [0, 0.05) is 36.8 Å². The van der Waals surface area contributed by atoms with Gasteiger partial charge in [0.2, 0.25) is 0 Å². The molecule has 0 spiro atoms. The van der Waals surface area contributed by atoms with E-state index in [1.807, 2.05) is 45.9 Å². The predicted molar refractivity (Wildman–Crippen MR) is 108 cm³/mol. The van der Waals surface area contributed by atoms with E-state index in [9.17, 15) is 9.59 Å². The Balaban J connectivity index is 1.46. The lowest BCUT2D eigenvalue weighted by Crippen LogP contribution is -2.49. The summed E-state index contributed by atoms with van der Waals surface area (Å²) in [5.41, 5.74) is 2.63. The minimum Gasteiger partial charge on any atom is -0.497 e. The molecule has 6 heteroatoms. The van der Waals surface area contributed by atoms with Crippen LogP contribution in [0, 0.1) is 5.92 Å². The summed E-state index contributed by atoms with van der Waals surface area (Å²) in [4.78, 5) is 27.8. The highest BCUT2D eigenvalue weighted by Gasteiger charge is 2.37. The molecule has 0 saturated carbocycles. The summed E-state index contributed by atoms with van der Waals surface area (Å²) in [5, 5.41) is 0. The van der Waals surface area contributed by atoms with E-state index in [0.717, 1.165) is 23.4 Å². The molecule has 1 aromatic carbocycles. The summed E-state index contributed by atoms with van der Waals surface area (Å²) in [7, 11) is 1.63. The van der Waals surface area contributed by atoms with Crippen molar-refractivity contribution in [1.29, 1.82) is 0 Å². The van der Waals surface area contributed by atoms with Gasteiger partial charge in [-0.25, -0.2) is 0 Å². The molecule has 2 aliphatic heterocycles. The molecule has 0 radical (unpaired) electrons. The van der Waals surface area contributed by atoms with Crippen LogP contribution in [0.3, 0.4) is 0 Å². The highest BCUT2D eigenvalue weighted by molar-refractivity contribution is 5.91. The first-order chi connectivity index (χ1) is 14.1. The number of piperidine rings is 1. The van der Waals surface area contributed by atoms with Crippen molar-refractivity contribution in [3.8, 4) is 16.9 Å². The number of hydrogen-bond donors (Lipinski definition) is 0. The van der Waals surface area contributed by atoms with Gasteiger partial charge in [0.1, 0.15) is 5.75 Å². The van der Waals surface area contributed by atoms with Gasteiger partial charge in [-0.3, -0.25) is 9.59 Å². The monoisotopic (exact) mass is 390 g/mol. The summed E-state index contributed by atoms with van der Waals surface area (Å²) in [6.07, 6.45) is 2.52. The first kappa shape index (κ1) is 17.8. The molecule has 1 saturated heterocycles. The molecule has 148 valence electrons. The summed E-state index contributed by atoms with van der Waals surface area (Å²) >= 11 is 0. The maximum atomic E-state index is 13.2. The van der Waals surface area contributed by atoms with E-state index in [1.165, 1.54) is 6.26 Å². The summed E-state index contributed by atoms with van der Waals surface area (Å²) in [5.74, 6) is 1.50. The molecule has 2 aliphatic rings. The average molecular weight is 390 g/mol. The molecule has 1 amide bonds. The zero-order valence-corrected chi connectivity index (χ0v) is 16.2. The third-order valence-corrected chi connectivity index (χ3v) is 6.02. The van der Waals surface area contributed by atoms with E-state index in [-0.39, 0.29) is 23.3 Å². The van der Waals surface area contributed by atoms with E-state index < -0.39 is 0 Å². The number of pyridine rings is 1. The maximum Gasteiger partial charge on any atom is 0.289 e. The summed E-state index contributed by atoms with van der Waals surface area (Å²) in [6.45, 7) is 1.89. The van der Waals surface area contributed by atoms with Crippen molar-refractivity contribution >= 4 is 5.91 Å². The fraction of sp³-hybridized carbons (Fsp3) is 0.304. The topological polar surface area (TPSA) is 64.7 Å². The third kappa shape index (κ3) is 3.05. The highest BCUT2D eigenvalue weighted by atomic mass is 16.5. The number of benzene rings is 1. The van der Waals surface area contributed by atoms with E-state index in [0.29, 0.717) is 31.0 Å². The number of methoxy groups -OCH3 is 1. The number of ether oxygens (including phenoxy) is 1. The summed E-state index contributed by atoms with van der Waals surface area (Å²) < 4.78 is 12.4. The van der Waals surface area contributed by atoms with Crippen LogP contribution in [0.15, 0.2) is 64.0 Å². The molecule has 2 aromatic heterocycles. The van der Waals surface area contributed by atoms with Crippen molar-refractivity contribution in [1.82, 2.24) is 9.47 Å². The number of rotatable bonds is 3. The van der Waals surface area contributed by atoms with Crippen molar-refractivity contribution in [2.24, 2.45) is 5.92 Å². The number of furan rings is 1. The van der Waals surface area contributed by atoms with Gasteiger partial charge in [0.05, 0.1) is 13.4 Å². The van der Waals surface area contributed by atoms with Crippen LogP contribution in [0.1, 0.15) is 28.6 Å². The lowest BCUT2D eigenvalue weighted by atomic mass is 9.82. The number of carbonyl (C=O) groups is 1. The van der Waals surface area contributed by atoms with Crippen LogP contribution in [0.5, 0.6) is 5.75 Å². The van der Waals surface area contributed by atoms with Crippen molar-refractivity contribution in [3.05, 3.63) is 76.6 Å². The van der Waals surface area contributed by atoms with Crippen molar-refractivity contribution < 1.29 is 13.9 Å². The van der Waals surface area contributed by atoms with Crippen LogP contribution < -0.4 is 10.3 Å². The van der Waals surface area contributed by atoms with Crippen molar-refractivity contribution in [2.75, 3.05) is 20.2 Å². The number of hydrogen-bond acceptors (Lipinski definition) is 4. The van der Waals surface area contributed by atoms with Crippen LogP contribution >= 0.6 is 0 Å². The molecule has 2 bridgehead atoms. The Labute approximate surface area is 168 Å². The SMILES string of the molecule is COc1ccc(-c2ccc3n(c2=O)C[C@H]2C[C@@H]3CN(C(=O)c3ccco3)C2)cc1. The maximum absolute atomic E-state index is 13.2. The molecule has 1 fully saturated rings. The van der Waals surface area contributed by atoms with Gasteiger partial charge >= 0.3 is 0 Å². The Kier molecular flexibility index (Phi) is 4.27. The molecule has 0 unspecified atom stereocenters. The fourth-order valence-corrected chi connectivity index (χ4v) is 4.66. The molecule has 4 heterocycles. The third-order valence-electron chi connectivity index (χ3n) is 6.02. The van der Waals surface area contributed by atoms with Gasteiger partial charge < -0.3 is 18.6 Å². The molecule has 3 aromatic rings. The van der Waals surface area contributed by atoms with E-state index in [2.05, 4.69) is 0 Å². The Morgan fingerprint density at radius 2 is 1.90 bits per heavy atom. The molecule has 0 aliphatic carbocycles. The molecular weight excluding hydrogens is 368 g/mol. The number of likely N-dealkylation sites (tertiary alicyclic amines) is 1. The number of nitrogens with zero attached hydrogens (tertiary/aromatic N) is 2. The van der Waals surface area contributed by atoms with Crippen molar-refractivity contribution in [2.45, 2.75) is 18.9 Å².